The number of ketones is 1. The van der Waals surface area contributed by atoms with Crippen LogP contribution < -0.4 is 0 Å². The van der Waals surface area contributed by atoms with Crippen LogP contribution >= 0.6 is 11.8 Å². The Labute approximate surface area is 207 Å². The van der Waals surface area contributed by atoms with Gasteiger partial charge < -0.3 is 14.0 Å². The van der Waals surface area contributed by atoms with Crippen molar-refractivity contribution in [1.29, 1.82) is 0 Å². The molecule has 1 saturated heterocycles. The second-order valence-corrected chi connectivity index (χ2v) is 9.50. The number of aryl methyl sites for hydroxylation is 1. The Kier molecular flexibility index (Phi) is 7.67. The normalized spacial score (nSPS) is 15.2. The molecule has 35 heavy (non-hydrogen) atoms. The lowest BCUT2D eigenvalue weighted by atomic mass is 10.1. The summed E-state index contributed by atoms with van der Waals surface area (Å²) in [6.45, 7) is 4.78. The van der Waals surface area contributed by atoms with E-state index in [1.807, 2.05) is 44.2 Å². The Bertz CT molecular complexity index is 1250. The molecule has 1 aromatic heterocycles. The zero-order chi connectivity index (χ0) is 24.9. The molecule has 0 N–H and O–H groups in total. The first-order valence-corrected chi connectivity index (χ1v) is 12.1. The Balaban J connectivity index is 1.49. The van der Waals surface area contributed by atoms with Gasteiger partial charge in [0.25, 0.3) is 5.69 Å². The second-order valence-electron chi connectivity index (χ2n) is 8.38. The molecule has 3 aromatic rings. The summed E-state index contributed by atoms with van der Waals surface area (Å²) in [5.41, 5.74) is 2.05. The van der Waals surface area contributed by atoms with Crippen LogP contribution in [-0.2, 0) is 16.0 Å². The number of nitro benzene ring substituents is 1. The third kappa shape index (κ3) is 5.80. The van der Waals surface area contributed by atoms with Gasteiger partial charge in [0.1, 0.15) is 0 Å². The molecule has 0 radical (unpaired) electrons. The maximum absolute atomic E-state index is 12.9. The SMILES string of the molecule is Cc1cc(C(=O)COC(=O)c2cc([N+](=O)[O-])ccc2Sc2ccccc2)c(C)n1C[C@@H]1CCCO1. The number of Topliss-reactive ketones (excluding diaryl/α,β-unsaturated/α-hetero) is 1. The highest BCUT2D eigenvalue weighted by molar-refractivity contribution is 7.99. The van der Waals surface area contributed by atoms with Gasteiger partial charge in [0.05, 0.1) is 16.6 Å². The molecule has 0 spiro atoms. The van der Waals surface area contributed by atoms with Gasteiger partial charge in [0, 0.05) is 52.0 Å². The van der Waals surface area contributed by atoms with Gasteiger partial charge in [-0.25, -0.2) is 4.79 Å². The Morgan fingerprint density at radius 3 is 2.60 bits per heavy atom. The van der Waals surface area contributed by atoms with E-state index >= 15 is 0 Å². The summed E-state index contributed by atoms with van der Waals surface area (Å²) in [5, 5.41) is 11.3. The van der Waals surface area contributed by atoms with Crippen LogP contribution in [0.5, 0.6) is 0 Å². The highest BCUT2D eigenvalue weighted by atomic mass is 32.2. The Morgan fingerprint density at radius 1 is 1.14 bits per heavy atom. The lowest BCUT2D eigenvalue weighted by Gasteiger charge is -2.14. The molecule has 0 bridgehead atoms. The number of nitro groups is 1. The predicted octanol–water partition coefficient (Wildman–Crippen LogP) is 5.38. The molecule has 1 aliphatic heterocycles. The minimum atomic E-state index is -0.784. The summed E-state index contributed by atoms with van der Waals surface area (Å²) >= 11 is 1.29. The molecular formula is C26H26N2O6S. The fraction of sp³-hybridized carbons (Fsp3) is 0.308. The van der Waals surface area contributed by atoms with Gasteiger partial charge in [0.15, 0.2) is 6.61 Å². The van der Waals surface area contributed by atoms with E-state index < -0.39 is 17.5 Å². The second kappa shape index (κ2) is 10.9. The predicted molar refractivity (Wildman–Crippen MR) is 131 cm³/mol. The standard InChI is InChI=1S/C26H26N2O6S/c1-17-13-22(18(2)27(17)15-20-7-6-12-33-20)24(29)16-34-26(30)23-14-19(28(31)32)10-11-25(23)35-21-8-4-3-5-9-21/h3-5,8-11,13-14,20H,6-7,12,15-16H2,1-2H3/t20-/m0/s1. The minimum Gasteiger partial charge on any atom is -0.454 e. The number of carbonyl (C=O) groups excluding carboxylic acids is 2. The summed E-state index contributed by atoms with van der Waals surface area (Å²) in [4.78, 5) is 37.9. The largest absolute Gasteiger partial charge is 0.454 e. The van der Waals surface area contributed by atoms with Crippen molar-refractivity contribution in [2.45, 2.75) is 49.1 Å². The van der Waals surface area contributed by atoms with E-state index in [0.717, 1.165) is 35.7 Å². The lowest BCUT2D eigenvalue weighted by Crippen LogP contribution is -2.18. The highest BCUT2D eigenvalue weighted by Gasteiger charge is 2.23. The van der Waals surface area contributed by atoms with Crippen molar-refractivity contribution < 1.29 is 24.0 Å². The van der Waals surface area contributed by atoms with Crippen LogP contribution in [0.4, 0.5) is 5.69 Å². The number of rotatable bonds is 9. The molecule has 0 amide bonds. The van der Waals surface area contributed by atoms with Gasteiger partial charge in [-0.05, 0) is 51.0 Å². The van der Waals surface area contributed by atoms with Crippen molar-refractivity contribution in [3.05, 3.63) is 87.2 Å². The van der Waals surface area contributed by atoms with Crippen molar-refractivity contribution in [1.82, 2.24) is 4.57 Å². The third-order valence-corrected chi connectivity index (χ3v) is 7.07. The van der Waals surface area contributed by atoms with E-state index in [4.69, 9.17) is 9.47 Å². The van der Waals surface area contributed by atoms with Crippen molar-refractivity contribution in [2.75, 3.05) is 13.2 Å². The van der Waals surface area contributed by atoms with Crippen molar-refractivity contribution in [2.24, 2.45) is 0 Å². The van der Waals surface area contributed by atoms with Gasteiger partial charge in [-0.2, -0.15) is 0 Å². The molecule has 1 fully saturated rings. The number of hydrogen-bond donors (Lipinski definition) is 0. The van der Waals surface area contributed by atoms with Crippen LogP contribution in [0, 0.1) is 24.0 Å². The quantitative estimate of drug-likeness (QED) is 0.170. The first-order chi connectivity index (χ1) is 16.8. The molecule has 2 heterocycles. The number of nitrogens with zero attached hydrogens (tertiary/aromatic N) is 2. The van der Waals surface area contributed by atoms with Crippen molar-refractivity contribution in [3.8, 4) is 0 Å². The Hall–Kier alpha value is -3.43. The number of hydrogen-bond acceptors (Lipinski definition) is 7. The fourth-order valence-corrected chi connectivity index (χ4v) is 5.07. The third-order valence-electron chi connectivity index (χ3n) is 5.98. The molecule has 2 aromatic carbocycles. The van der Waals surface area contributed by atoms with Gasteiger partial charge >= 0.3 is 5.97 Å². The Morgan fingerprint density at radius 2 is 1.91 bits per heavy atom. The van der Waals surface area contributed by atoms with Crippen LogP contribution in [0.3, 0.4) is 0 Å². The van der Waals surface area contributed by atoms with Gasteiger partial charge in [0.2, 0.25) is 5.78 Å². The van der Waals surface area contributed by atoms with Crippen LogP contribution in [0.15, 0.2) is 64.4 Å². The van der Waals surface area contributed by atoms with E-state index in [9.17, 15) is 19.7 Å². The topological polar surface area (TPSA) is 101 Å². The zero-order valence-electron chi connectivity index (χ0n) is 19.6. The molecule has 1 aliphatic rings. The first-order valence-electron chi connectivity index (χ1n) is 11.3. The summed E-state index contributed by atoms with van der Waals surface area (Å²) in [6, 6.07) is 15.2. The molecule has 0 saturated carbocycles. The fourth-order valence-electron chi connectivity index (χ4n) is 4.14. The van der Waals surface area contributed by atoms with Crippen LogP contribution in [0.2, 0.25) is 0 Å². The number of benzene rings is 2. The van der Waals surface area contributed by atoms with E-state index in [1.54, 1.807) is 6.07 Å². The number of carbonyl (C=O) groups is 2. The summed E-state index contributed by atoms with van der Waals surface area (Å²) in [5.74, 6) is -1.11. The molecular weight excluding hydrogens is 468 g/mol. The lowest BCUT2D eigenvalue weighted by molar-refractivity contribution is -0.384. The molecule has 8 nitrogen and oxygen atoms in total. The maximum atomic E-state index is 12.9. The van der Waals surface area contributed by atoms with Crippen molar-refractivity contribution in [3.63, 3.8) is 0 Å². The van der Waals surface area contributed by atoms with Gasteiger partial charge in [-0.15, -0.1) is 0 Å². The molecule has 0 unspecified atom stereocenters. The number of esters is 1. The average Bonchev–Trinajstić information content (AvgIpc) is 3.47. The summed E-state index contributed by atoms with van der Waals surface area (Å²) in [7, 11) is 0. The molecule has 9 heteroatoms. The summed E-state index contributed by atoms with van der Waals surface area (Å²) in [6.07, 6.45) is 2.16. The molecule has 182 valence electrons. The van der Waals surface area contributed by atoms with Crippen LogP contribution in [0.25, 0.3) is 0 Å². The number of aromatic nitrogens is 1. The van der Waals surface area contributed by atoms with E-state index in [2.05, 4.69) is 4.57 Å². The van der Waals surface area contributed by atoms with Crippen LogP contribution in [0.1, 0.15) is 44.9 Å². The van der Waals surface area contributed by atoms with Crippen LogP contribution in [-0.4, -0.2) is 40.6 Å². The monoisotopic (exact) mass is 494 g/mol. The number of non-ortho nitro benzene ring substituents is 1. The highest BCUT2D eigenvalue weighted by Crippen LogP contribution is 2.33. The van der Waals surface area contributed by atoms with Gasteiger partial charge in [-0.1, -0.05) is 30.0 Å². The average molecular weight is 495 g/mol. The molecule has 1 atom stereocenters. The van der Waals surface area contributed by atoms with E-state index in [-0.39, 0.29) is 23.1 Å². The van der Waals surface area contributed by atoms with E-state index in [1.165, 1.54) is 30.0 Å². The maximum Gasteiger partial charge on any atom is 0.339 e. The minimum absolute atomic E-state index is 0.0460. The first kappa shape index (κ1) is 24.7. The van der Waals surface area contributed by atoms with Crippen molar-refractivity contribution >= 4 is 29.2 Å². The summed E-state index contributed by atoms with van der Waals surface area (Å²) < 4.78 is 13.1. The zero-order valence-corrected chi connectivity index (χ0v) is 20.4. The van der Waals surface area contributed by atoms with E-state index in [0.29, 0.717) is 17.0 Å². The van der Waals surface area contributed by atoms with Gasteiger partial charge in [-0.3, -0.25) is 14.9 Å². The molecule has 4 rings (SSSR count). The number of ether oxygens (including phenoxy) is 2. The smallest absolute Gasteiger partial charge is 0.339 e. The molecule has 0 aliphatic carbocycles.